The van der Waals surface area contributed by atoms with Gasteiger partial charge in [-0.3, -0.25) is 9.69 Å². The van der Waals surface area contributed by atoms with Gasteiger partial charge in [0.1, 0.15) is 0 Å². The molecule has 0 aliphatic carbocycles. The number of hydrogen-bond acceptors (Lipinski definition) is 3. The zero-order valence-corrected chi connectivity index (χ0v) is 11.4. The number of nitrogens with zero attached hydrogens (tertiary/aromatic N) is 2. The lowest BCUT2D eigenvalue weighted by Crippen LogP contribution is -2.53. The number of morpholine rings is 1. The van der Waals surface area contributed by atoms with Crippen molar-refractivity contribution in [2.75, 3.05) is 31.7 Å². The highest BCUT2D eigenvalue weighted by Gasteiger charge is 2.31. The Morgan fingerprint density at radius 1 is 1.40 bits per heavy atom. The van der Waals surface area contributed by atoms with Gasteiger partial charge in [0, 0.05) is 19.3 Å². The number of carboxylic acids is 1. The molecule has 20 heavy (non-hydrogen) atoms. The van der Waals surface area contributed by atoms with Gasteiger partial charge in [-0.1, -0.05) is 18.2 Å². The predicted molar refractivity (Wildman–Crippen MR) is 73.8 cm³/mol. The molecule has 1 heterocycles. The van der Waals surface area contributed by atoms with Crippen molar-refractivity contribution < 1.29 is 19.4 Å². The normalized spacial score (nSPS) is 18.6. The summed E-state index contributed by atoms with van der Waals surface area (Å²) in [6, 6.07) is 8.64. The van der Waals surface area contributed by atoms with Crippen molar-refractivity contribution in [2.45, 2.75) is 12.5 Å². The number of carboxylic acid groups (broad SMARTS) is 1. The van der Waals surface area contributed by atoms with Crippen molar-refractivity contribution in [3.63, 3.8) is 0 Å². The molecule has 0 aromatic heterocycles. The molecule has 1 N–H and O–H groups in total. The van der Waals surface area contributed by atoms with E-state index in [0.717, 1.165) is 5.69 Å². The smallest absolute Gasteiger partial charge is 0.324 e. The Balaban J connectivity index is 2.11. The van der Waals surface area contributed by atoms with E-state index in [2.05, 4.69) is 0 Å². The predicted octanol–water partition coefficient (Wildman–Crippen LogP) is 1.42. The lowest BCUT2D eigenvalue weighted by atomic mass is 10.1. The van der Waals surface area contributed by atoms with Gasteiger partial charge in [0.25, 0.3) is 0 Å². The van der Waals surface area contributed by atoms with E-state index in [0.29, 0.717) is 13.2 Å². The summed E-state index contributed by atoms with van der Waals surface area (Å²) in [5.74, 6) is -0.930. The van der Waals surface area contributed by atoms with Crippen molar-refractivity contribution >= 4 is 17.7 Å². The lowest BCUT2D eigenvalue weighted by Gasteiger charge is -2.37. The number of anilines is 1. The van der Waals surface area contributed by atoms with Crippen molar-refractivity contribution in [3.05, 3.63) is 30.3 Å². The summed E-state index contributed by atoms with van der Waals surface area (Å²) in [6.07, 6.45) is -0.103. The van der Waals surface area contributed by atoms with E-state index in [1.54, 1.807) is 11.9 Å². The van der Waals surface area contributed by atoms with Crippen LogP contribution in [-0.4, -0.2) is 54.9 Å². The second-order valence-corrected chi connectivity index (χ2v) is 4.70. The summed E-state index contributed by atoms with van der Waals surface area (Å²) in [4.78, 5) is 26.5. The van der Waals surface area contributed by atoms with Crippen LogP contribution in [0, 0.1) is 0 Å². The zero-order chi connectivity index (χ0) is 14.5. The van der Waals surface area contributed by atoms with Gasteiger partial charge >= 0.3 is 12.0 Å². The molecule has 1 aliphatic heterocycles. The monoisotopic (exact) mass is 278 g/mol. The second-order valence-electron chi connectivity index (χ2n) is 4.70. The SMILES string of the molecule is CN(C(=O)N1CCOCC1CC(=O)O)c1ccccc1. The number of aliphatic carboxylic acids is 1. The van der Waals surface area contributed by atoms with Gasteiger partial charge in [0.15, 0.2) is 0 Å². The third kappa shape index (κ3) is 3.27. The molecular weight excluding hydrogens is 260 g/mol. The zero-order valence-electron chi connectivity index (χ0n) is 11.4. The summed E-state index contributed by atoms with van der Waals surface area (Å²) < 4.78 is 5.27. The first kappa shape index (κ1) is 14.3. The molecule has 108 valence electrons. The Morgan fingerprint density at radius 3 is 2.75 bits per heavy atom. The molecule has 1 aromatic carbocycles. The Labute approximate surface area is 117 Å². The maximum absolute atomic E-state index is 12.5. The van der Waals surface area contributed by atoms with E-state index in [-0.39, 0.29) is 19.1 Å². The minimum atomic E-state index is -0.930. The number of benzene rings is 1. The third-order valence-electron chi connectivity index (χ3n) is 3.31. The van der Waals surface area contributed by atoms with Crippen LogP contribution < -0.4 is 4.90 Å². The molecule has 0 bridgehead atoms. The minimum absolute atomic E-state index is 0.103. The summed E-state index contributed by atoms with van der Waals surface area (Å²) in [6.45, 7) is 1.11. The van der Waals surface area contributed by atoms with Crippen LogP contribution in [0.3, 0.4) is 0 Å². The van der Waals surface area contributed by atoms with Crippen LogP contribution in [0.1, 0.15) is 6.42 Å². The fourth-order valence-corrected chi connectivity index (χ4v) is 2.23. The average Bonchev–Trinajstić information content (AvgIpc) is 2.46. The Bertz CT molecular complexity index is 477. The van der Waals surface area contributed by atoms with Gasteiger partial charge in [-0.05, 0) is 12.1 Å². The van der Waals surface area contributed by atoms with E-state index in [9.17, 15) is 9.59 Å². The van der Waals surface area contributed by atoms with Gasteiger partial charge in [-0.2, -0.15) is 0 Å². The molecule has 2 rings (SSSR count). The van der Waals surface area contributed by atoms with Crippen molar-refractivity contribution in [1.82, 2.24) is 4.90 Å². The topological polar surface area (TPSA) is 70.1 Å². The first-order valence-corrected chi connectivity index (χ1v) is 6.48. The summed E-state index contributed by atoms with van der Waals surface area (Å²) in [5, 5.41) is 8.91. The van der Waals surface area contributed by atoms with Gasteiger partial charge < -0.3 is 14.7 Å². The van der Waals surface area contributed by atoms with Crippen LogP contribution in [0.4, 0.5) is 10.5 Å². The summed E-state index contributed by atoms with van der Waals surface area (Å²) >= 11 is 0. The van der Waals surface area contributed by atoms with E-state index >= 15 is 0 Å². The fourth-order valence-electron chi connectivity index (χ4n) is 2.23. The number of carbonyl (C=O) groups excluding carboxylic acids is 1. The highest BCUT2D eigenvalue weighted by atomic mass is 16.5. The van der Waals surface area contributed by atoms with Gasteiger partial charge in [0.05, 0.1) is 25.7 Å². The van der Waals surface area contributed by atoms with E-state index < -0.39 is 12.0 Å². The molecule has 1 aromatic rings. The number of hydrogen-bond donors (Lipinski definition) is 1. The molecule has 1 unspecified atom stereocenters. The van der Waals surface area contributed by atoms with E-state index in [1.807, 2.05) is 30.3 Å². The highest BCUT2D eigenvalue weighted by molar-refractivity contribution is 5.92. The minimum Gasteiger partial charge on any atom is -0.481 e. The van der Waals surface area contributed by atoms with Crippen molar-refractivity contribution in [2.24, 2.45) is 0 Å². The van der Waals surface area contributed by atoms with Crippen LogP contribution in [0.25, 0.3) is 0 Å². The van der Waals surface area contributed by atoms with Crippen molar-refractivity contribution in [1.29, 1.82) is 0 Å². The van der Waals surface area contributed by atoms with Gasteiger partial charge in [-0.15, -0.1) is 0 Å². The number of rotatable bonds is 3. The van der Waals surface area contributed by atoms with Crippen LogP contribution in [0.5, 0.6) is 0 Å². The molecule has 1 fully saturated rings. The molecule has 2 amide bonds. The van der Waals surface area contributed by atoms with Gasteiger partial charge in [0.2, 0.25) is 0 Å². The number of urea groups is 1. The molecule has 6 heteroatoms. The standard InChI is InChI=1S/C14H18N2O4/c1-15(11-5-3-2-4-6-11)14(19)16-7-8-20-10-12(16)9-13(17)18/h2-6,12H,7-10H2,1H3,(H,17,18). The first-order valence-electron chi connectivity index (χ1n) is 6.48. The molecule has 0 spiro atoms. The molecule has 1 atom stereocenters. The number of carbonyl (C=O) groups is 2. The van der Waals surface area contributed by atoms with Crippen LogP contribution in [0.15, 0.2) is 30.3 Å². The molecule has 1 saturated heterocycles. The Morgan fingerprint density at radius 2 is 2.10 bits per heavy atom. The van der Waals surface area contributed by atoms with Crippen LogP contribution in [-0.2, 0) is 9.53 Å². The summed E-state index contributed by atoms with van der Waals surface area (Å²) in [7, 11) is 1.69. The first-order chi connectivity index (χ1) is 9.59. The Kier molecular flexibility index (Phi) is 4.57. The number of ether oxygens (including phenoxy) is 1. The van der Waals surface area contributed by atoms with E-state index in [1.165, 1.54) is 4.90 Å². The number of para-hydroxylation sites is 1. The number of amides is 2. The Hall–Kier alpha value is -2.08. The lowest BCUT2D eigenvalue weighted by molar-refractivity contribution is -0.139. The van der Waals surface area contributed by atoms with E-state index in [4.69, 9.17) is 9.84 Å². The third-order valence-corrected chi connectivity index (χ3v) is 3.31. The maximum atomic E-state index is 12.5. The maximum Gasteiger partial charge on any atom is 0.324 e. The molecule has 1 aliphatic rings. The largest absolute Gasteiger partial charge is 0.481 e. The molecular formula is C14H18N2O4. The average molecular weight is 278 g/mol. The van der Waals surface area contributed by atoms with Crippen LogP contribution >= 0.6 is 0 Å². The molecule has 0 radical (unpaired) electrons. The summed E-state index contributed by atoms with van der Waals surface area (Å²) in [5.41, 5.74) is 0.776. The molecule has 0 saturated carbocycles. The quantitative estimate of drug-likeness (QED) is 0.907. The second kappa shape index (κ2) is 6.38. The molecule has 6 nitrogen and oxygen atoms in total. The van der Waals surface area contributed by atoms with Gasteiger partial charge in [-0.25, -0.2) is 4.79 Å². The fraction of sp³-hybridized carbons (Fsp3) is 0.429. The van der Waals surface area contributed by atoms with Crippen LogP contribution in [0.2, 0.25) is 0 Å². The highest BCUT2D eigenvalue weighted by Crippen LogP contribution is 2.17. The van der Waals surface area contributed by atoms with Crippen molar-refractivity contribution in [3.8, 4) is 0 Å².